The summed E-state index contributed by atoms with van der Waals surface area (Å²) >= 11 is 0. The Kier molecular flexibility index (Phi) is 6.75. The number of benzene rings is 1. The van der Waals surface area contributed by atoms with E-state index in [4.69, 9.17) is 0 Å². The fourth-order valence-electron chi connectivity index (χ4n) is 2.35. The van der Waals surface area contributed by atoms with Crippen LogP contribution < -0.4 is 5.32 Å². The van der Waals surface area contributed by atoms with Crippen LogP contribution >= 0.6 is 0 Å². The molecule has 0 saturated carbocycles. The zero-order chi connectivity index (χ0) is 15.2. The second kappa shape index (κ2) is 7.83. The molecular weight excluding hydrogens is 242 g/mol. The van der Waals surface area contributed by atoms with Crippen molar-refractivity contribution < 1.29 is 0 Å². The average molecular weight is 275 g/mol. The van der Waals surface area contributed by atoms with Gasteiger partial charge in [-0.3, -0.25) is 0 Å². The van der Waals surface area contributed by atoms with E-state index in [2.05, 4.69) is 71.1 Å². The topological polar surface area (TPSA) is 12.0 Å². The minimum Gasteiger partial charge on any atom is -0.312 e. The van der Waals surface area contributed by atoms with Gasteiger partial charge in [-0.2, -0.15) is 0 Å². The van der Waals surface area contributed by atoms with Gasteiger partial charge in [-0.25, -0.2) is 0 Å². The number of hydrogen-bond acceptors (Lipinski definition) is 1. The van der Waals surface area contributed by atoms with Crippen molar-refractivity contribution in [3.63, 3.8) is 0 Å². The van der Waals surface area contributed by atoms with Crippen molar-refractivity contribution in [1.82, 2.24) is 5.32 Å². The molecule has 0 radical (unpaired) electrons. The largest absolute Gasteiger partial charge is 0.312 e. The molecular formula is C19H33N. The summed E-state index contributed by atoms with van der Waals surface area (Å²) in [5.41, 5.74) is 3.03. The van der Waals surface area contributed by atoms with Crippen molar-refractivity contribution in [2.75, 3.05) is 6.54 Å². The smallest absolute Gasteiger partial charge is 0.00966 e. The monoisotopic (exact) mass is 275 g/mol. The van der Waals surface area contributed by atoms with E-state index in [9.17, 15) is 0 Å². The highest BCUT2D eigenvalue weighted by Crippen LogP contribution is 2.18. The lowest BCUT2D eigenvalue weighted by Crippen LogP contribution is -2.39. The number of aryl methyl sites for hydroxylation is 1. The van der Waals surface area contributed by atoms with E-state index in [0.717, 1.165) is 18.4 Å². The Morgan fingerprint density at radius 2 is 1.60 bits per heavy atom. The first kappa shape index (κ1) is 17.2. The van der Waals surface area contributed by atoms with Crippen LogP contribution in [0.25, 0.3) is 0 Å². The lowest BCUT2D eigenvalue weighted by Gasteiger charge is -2.26. The molecule has 0 aromatic heterocycles. The molecule has 1 aromatic rings. The van der Waals surface area contributed by atoms with Crippen molar-refractivity contribution in [1.29, 1.82) is 0 Å². The highest BCUT2D eigenvalue weighted by Gasteiger charge is 2.15. The average Bonchev–Trinajstić information content (AvgIpc) is 2.34. The van der Waals surface area contributed by atoms with Crippen molar-refractivity contribution in [3.05, 3.63) is 35.4 Å². The third-order valence-corrected chi connectivity index (χ3v) is 3.72. The van der Waals surface area contributed by atoms with Crippen molar-refractivity contribution in [3.8, 4) is 0 Å². The van der Waals surface area contributed by atoms with E-state index < -0.39 is 0 Å². The van der Waals surface area contributed by atoms with Crippen LogP contribution in [-0.2, 0) is 6.42 Å². The Labute approximate surface area is 126 Å². The van der Waals surface area contributed by atoms with E-state index in [0.29, 0.717) is 0 Å². The first-order valence-corrected chi connectivity index (χ1v) is 8.07. The van der Waals surface area contributed by atoms with Gasteiger partial charge in [-0.1, -0.05) is 50.1 Å². The zero-order valence-corrected chi connectivity index (χ0v) is 14.3. The van der Waals surface area contributed by atoms with Crippen LogP contribution in [0.3, 0.4) is 0 Å². The second-order valence-corrected chi connectivity index (χ2v) is 7.66. The second-order valence-electron chi connectivity index (χ2n) is 7.66. The summed E-state index contributed by atoms with van der Waals surface area (Å²) in [6, 6.07) is 9.03. The first-order chi connectivity index (χ1) is 9.26. The summed E-state index contributed by atoms with van der Waals surface area (Å²) < 4.78 is 0. The minimum atomic E-state index is 0.212. The number of nitrogens with one attached hydrogen (secondary N) is 1. The zero-order valence-electron chi connectivity index (χ0n) is 14.3. The van der Waals surface area contributed by atoms with E-state index in [-0.39, 0.29) is 5.54 Å². The predicted octanol–water partition coefficient (Wildman–Crippen LogP) is 4.98. The molecule has 1 unspecified atom stereocenters. The first-order valence-electron chi connectivity index (χ1n) is 8.07. The minimum absolute atomic E-state index is 0.212. The lowest BCUT2D eigenvalue weighted by atomic mass is 9.91. The maximum Gasteiger partial charge on any atom is 0.00966 e. The van der Waals surface area contributed by atoms with Crippen LogP contribution in [0.1, 0.15) is 58.6 Å². The van der Waals surface area contributed by atoms with Gasteiger partial charge in [0.05, 0.1) is 0 Å². The quantitative estimate of drug-likeness (QED) is 0.740. The molecule has 1 atom stereocenters. The SMILES string of the molecule is Cc1ccc(CC(CCC(C)C)CNC(C)(C)C)cc1. The highest BCUT2D eigenvalue weighted by atomic mass is 14.9. The highest BCUT2D eigenvalue weighted by molar-refractivity contribution is 5.21. The molecule has 114 valence electrons. The molecule has 1 N–H and O–H groups in total. The van der Waals surface area contributed by atoms with E-state index in [1.807, 2.05) is 0 Å². The van der Waals surface area contributed by atoms with E-state index in [1.165, 1.54) is 30.4 Å². The Hall–Kier alpha value is -0.820. The van der Waals surface area contributed by atoms with Crippen LogP contribution in [0.15, 0.2) is 24.3 Å². The van der Waals surface area contributed by atoms with Gasteiger partial charge in [0.25, 0.3) is 0 Å². The third-order valence-electron chi connectivity index (χ3n) is 3.72. The molecule has 1 heteroatoms. The van der Waals surface area contributed by atoms with Gasteiger partial charge in [0, 0.05) is 5.54 Å². The summed E-state index contributed by atoms with van der Waals surface area (Å²) in [6.07, 6.45) is 3.83. The summed E-state index contributed by atoms with van der Waals surface area (Å²) in [7, 11) is 0. The fraction of sp³-hybridized carbons (Fsp3) is 0.684. The van der Waals surface area contributed by atoms with Gasteiger partial charge in [0.1, 0.15) is 0 Å². The molecule has 0 amide bonds. The number of hydrogen-bond donors (Lipinski definition) is 1. The van der Waals surface area contributed by atoms with E-state index in [1.54, 1.807) is 0 Å². The normalized spacial score (nSPS) is 13.8. The molecule has 0 fully saturated rings. The third kappa shape index (κ3) is 7.69. The Bertz CT molecular complexity index is 370. The van der Waals surface area contributed by atoms with Gasteiger partial charge in [-0.05, 0) is 64.5 Å². The van der Waals surface area contributed by atoms with Gasteiger partial charge in [-0.15, -0.1) is 0 Å². The molecule has 0 saturated heterocycles. The summed E-state index contributed by atoms with van der Waals surface area (Å²) in [5, 5.41) is 3.68. The van der Waals surface area contributed by atoms with Crippen LogP contribution in [0.5, 0.6) is 0 Å². The molecule has 0 spiro atoms. The maximum atomic E-state index is 3.68. The predicted molar refractivity (Wildman–Crippen MR) is 90.2 cm³/mol. The summed E-state index contributed by atoms with van der Waals surface area (Å²) in [6.45, 7) is 14.7. The standard InChI is InChI=1S/C19H33N/c1-15(2)7-10-18(14-20-19(4,5)6)13-17-11-8-16(3)9-12-17/h8-9,11-12,15,18,20H,7,10,13-14H2,1-6H3. The number of rotatable bonds is 7. The molecule has 20 heavy (non-hydrogen) atoms. The van der Waals surface area contributed by atoms with Gasteiger partial charge >= 0.3 is 0 Å². The summed E-state index contributed by atoms with van der Waals surface area (Å²) in [4.78, 5) is 0. The summed E-state index contributed by atoms with van der Waals surface area (Å²) in [5.74, 6) is 1.53. The molecule has 1 nitrogen and oxygen atoms in total. The van der Waals surface area contributed by atoms with Crippen molar-refractivity contribution in [2.45, 2.75) is 66.3 Å². The molecule has 0 heterocycles. The maximum absolute atomic E-state index is 3.68. The fourth-order valence-corrected chi connectivity index (χ4v) is 2.35. The van der Waals surface area contributed by atoms with Crippen molar-refractivity contribution >= 4 is 0 Å². The Morgan fingerprint density at radius 3 is 2.10 bits per heavy atom. The van der Waals surface area contributed by atoms with Gasteiger partial charge < -0.3 is 5.32 Å². The van der Waals surface area contributed by atoms with Crippen LogP contribution in [-0.4, -0.2) is 12.1 Å². The van der Waals surface area contributed by atoms with E-state index >= 15 is 0 Å². The Balaban J connectivity index is 2.58. The van der Waals surface area contributed by atoms with Crippen LogP contribution in [0, 0.1) is 18.8 Å². The molecule has 1 rings (SSSR count). The lowest BCUT2D eigenvalue weighted by molar-refractivity contribution is 0.340. The Morgan fingerprint density at radius 1 is 1.00 bits per heavy atom. The molecule has 0 bridgehead atoms. The molecule has 0 aliphatic carbocycles. The van der Waals surface area contributed by atoms with Crippen LogP contribution in [0.4, 0.5) is 0 Å². The molecule has 1 aromatic carbocycles. The van der Waals surface area contributed by atoms with Crippen molar-refractivity contribution in [2.24, 2.45) is 11.8 Å². The van der Waals surface area contributed by atoms with Gasteiger partial charge in [0.15, 0.2) is 0 Å². The molecule has 0 aliphatic heterocycles. The van der Waals surface area contributed by atoms with Gasteiger partial charge in [0.2, 0.25) is 0 Å². The van der Waals surface area contributed by atoms with Crippen LogP contribution in [0.2, 0.25) is 0 Å². The molecule has 0 aliphatic rings.